The predicted molar refractivity (Wildman–Crippen MR) is 94.9 cm³/mol. The number of nitrogens with two attached hydrogens (primary N) is 1. The van der Waals surface area contributed by atoms with Crippen molar-refractivity contribution in [3.63, 3.8) is 0 Å². The predicted octanol–water partition coefficient (Wildman–Crippen LogP) is 1.86. The molecule has 0 saturated carbocycles. The van der Waals surface area contributed by atoms with Gasteiger partial charge in [0.05, 0.1) is 27.4 Å². The highest BCUT2D eigenvalue weighted by Gasteiger charge is 2.15. The molecule has 3 aromatic heterocycles. The minimum Gasteiger partial charge on any atom is -0.400 e. The molecule has 0 spiro atoms. The Morgan fingerprint density at radius 1 is 1.38 bits per heavy atom. The standard InChI is InChI=1S/C13H10BrN7O.CH4O/c14-11-8(4-22)20-12-10(11)13(19-5-18-12)21-9-1-6(2-15)7(16)3-17-9;1-2/h1-5,15H,16H2,(H2,17,18,19,20,21);2H,1H3. The zero-order valence-electron chi connectivity index (χ0n) is 12.5. The number of aliphatic hydroxyl groups excluding tert-OH is 1. The van der Waals surface area contributed by atoms with Crippen LogP contribution in [0.15, 0.2) is 23.1 Å². The molecule has 0 radical (unpaired) electrons. The number of aliphatic hydroxyl groups is 1. The summed E-state index contributed by atoms with van der Waals surface area (Å²) in [5.74, 6) is 0.961. The molecule has 0 aliphatic carbocycles. The molecule has 0 saturated heterocycles. The summed E-state index contributed by atoms with van der Waals surface area (Å²) in [5, 5.41) is 18.0. The summed E-state index contributed by atoms with van der Waals surface area (Å²) in [7, 11) is 1.00. The molecule has 24 heavy (non-hydrogen) atoms. The number of aromatic amines is 1. The van der Waals surface area contributed by atoms with Crippen molar-refractivity contribution < 1.29 is 9.90 Å². The number of nitrogen functional groups attached to an aromatic ring is 1. The molecular formula is C14H14BrN7O2. The van der Waals surface area contributed by atoms with Gasteiger partial charge in [0.15, 0.2) is 6.29 Å². The molecule has 0 aliphatic rings. The van der Waals surface area contributed by atoms with Crippen molar-refractivity contribution in [2.75, 3.05) is 18.2 Å². The maximum absolute atomic E-state index is 11.0. The highest BCUT2D eigenvalue weighted by Crippen LogP contribution is 2.31. The van der Waals surface area contributed by atoms with Gasteiger partial charge in [-0.05, 0) is 22.0 Å². The van der Waals surface area contributed by atoms with Crippen LogP contribution >= 0.6 is 15.9 Å². The average molecular weight is 392 g/mol. The van der Waals surface area contributed by atoms with Gasteiger partial charge >= 0.3 is 0 Å². The van der Waals surface area contributed by atoms with Gasteiger partial charge in [-0.15, -0.1) is 0 Å². The van der Waals surface area contributed by atoms with Gasteiger partial charge in [0.2, 0.25) is 0 Å². The fraction of sp³-hybridized carbons (Fsp3) is 0.0714. The Labute approximate surface area is 145 Å². The Balaban J connectivity index is 0.00000100. The van der Waals surface area contributed by atoms with E-state index < -0.39 is 0 Å². The zero-order chi connectivity index (χ0) is 17.7. The molecule has 124 valence electrons. The average Bonchev–Trinajstić information content (AvgIpc) is 2.95. The second-order valence-electron chi connectivity index (χ2n) is 4.38. The molecule has 0 fully saturated rings. The summed E-state index contributed by atoms with van der Waals surface area (Å²) >= 11 is 3.36. The maximum Gasteiger partial charge on any atom is 0.167 e. The second kappa shape index (κ2) is 7.62. The van der Waals surface area contributed by atoms with Gasteiger partial charge in [-0.1, -0.05) is 0 Å². The monoisotopic (exact) mass is 391 g/mol. The van der Waals surface area contributed by atoms with E-state index in [1.807, 2.05) is 0 Å². The maximum atomic E-state index is 11.0. The molecular weight excluding hydrogens is 378 g/mol. The van der Waals surface area contributed by atoms with Gasteiger partial charge in [0.1, 0.15) is 23.6 Å². The Morgan fingerprint density at radius 2 is 2.12 bits per heavy atom. The van der Waals surface area contributed by atoms with Crippen molar-refractivity contribution in [2.45, 2.75) is 0 Å². The van der Waals surface area contributed by atoms with E-state index >= 15 is 0 Å². The Bertz CT molecular complexity index is 894. The molecule has 0 aromatic carbocycles. The number of fused-ring (bicyclic) bond motifs is 1. The van der Waals surface area contributed by atoms with Crippen LogP contribution in [0.5, 0.6) is 0 Å². The molecule has 3 aromatic rings. The van der Waals surface area contributed by atoms with Gasteiger partial charge in [0, 0.05) is 18.9 Å². The van der Waals surface area contributed by atoms with Crippen LogP contribution in [-0.2, 0) is 0 Å². The van der Waals surface area contributed by atoms with Crippen LogP contribution in [0, 0.1) is 5.41 Å². The van der Waals surface area contributed by atoms with E-state index in [0.717, 1.165) is 13.3 Å². The number of carbonyl (C=O) groups is 1. The Kier molecular flexibility index (Phi) is 5.55. The Morgan fingerprint density at radius 3 is 2.79 bits per heavy atom. The van der Waals surface area contributed by atoms with Crippen LogP contribution in [-0.4, -0.2) is 44.7 Å². The summed E-state index contributed by atoms with van der Waals surface area (Å²) in [5.41, 5.74) is 7.57. The highest BCUT2D eigenvalue weighted by atomic mass is 79.9. The number of H-pyrrole nitrogens is 1. The lowest BCUT2D eigenvalue weighted by Gasteiger charge is -2.07. The van der Waals surface area contributed by atoms with Crippen LogP contribution in [0.25, 0.3) is 11.0 Å². The van der Waals surface area contributed by atoms with E-state index in [2.05, 4.69) is 41.2 Å². The number of nitrogens with one attached hydrogen (secondary N) is 3. The lowest BCUT2D eigenvalue weighted by atomic mass is 10.2. The van der Waals surface area contributed by atoms with Gasteiger partial charge in [-0.25, -0.2) is 15.0 Å². The third-order valence-corrected chi connectivity index (χ3v) is 3.87. The second-order valence-corrected chi connectivity index (χ2v) is 5.18. The van der Waals surface area contributed by atoms with Crippen molar-refractivity contribution in [1.82, 2.24) is 19.9 Å². The van der Waals surface area contributed by atoms with E-state index in [9.17, 15) is 4.79 Å². The lowest BCUT2D eigenvalue weighted by Crippen LogP contribution is -2.01. The van der Waals surface area contributed by atoms with Crippen LogP contribution in [0.3, 0.4) is 0 Å². The summed E-state index contributed by atoms with van der Waals surface area (Å²) in [4.78, 5) is 26.3. The van der Waals surface area contributed by atoms with Crippen LogP contribution in [0.1, 0.15) is 16.1 Å². The van der Waals surface area contributed by atoms with Crippen LogP contribution in [0.2, 0.25) is 0 Å². The van der Waals surface area contributed by atoms with Gasteiger partial charge in [-0.2, -0.15) is 0 Å². The number of pyridine rings is 1. The number of hydrogen-bond acceptors (Lipinski definition) is 8. The summed E-state index contributed by atoms with van der Waals surface area (Å²) in [6, 6.07) is 1.64. The number of aromatic nitrogens is 4. The molecule has 10 heteroatoms. The smallest absolute Gasteiger partial charge is 0.167 e. The summed E-state index contributed by atoms with van der Waals surface area (Å²) < 4.78 is 0.573. The van der Waals surface area contributed by atoms with Gasteiger partial charge in [-0.3, -0.25) is 4.79 Å². The number of aldehydes is 1. The van der Waals surface area contributed by atoms with E-state index in [1.165, 1.54) is 12.5 Å². The van der Waals surface area contributed by atoms with Gasteiger partial charge in [0.25, 0.3) is 0 Å². The number of nitrogens with zero attached hydrogens (tertiary/aromatic N) is 3. The van der Waals surface area contributed by atoms with E-state index in [1.54, 1.807) is 6.07 Å². The Hall–Kier alpha value is -2.85. The lowest BCUT2D eigenvalue weighted by molar-refractivity contribution is 0.111. The molecule has 3 heterocycles. The molecule has 0 aliphatic heterocycles. The SMILES string of the molecule is CO.N=Cc1cc(Nc2ncnc3[nH]c(C=O)c(Br)c23)ncc1N. The first-order valence-electron chi connectivity index (χ1n) is 6.59. The molecule has 9 nitrogen and oxygen atoms in total. The van der Waals surface area contributed by atoms with E-state index in [4.69, 9.17) is 16.2 Å². The third kappa shape index (κ3) is 3.24. The van der Waals surface area contributed by atoms with Crippen molar-refractivity contribution in [1.29, 1.82) is 5.41 Å². The first-order chi connectivity index (χ1) is 11.6. The van der Waals surface area contributed by atoms with Crippen LogP contribution in [0.4, 0.5) is 17.3 Å². The summed E-state index contributed by atoms with van der Waals surface area (Å²) in [6.45, 7) is 0. The zero-order valence-corrected chi connectivity index (χ0v) is 14.1. The highest BCUT2D eigenvalue weighted by molar-refractivity contribution is 9.10. The minimum atomic E-state index is 0.379. The molecule has 0 amide bonds. The number of halogens is 1. The van der Waals surface area contributed by atoms with Crippen molar-refractivity contribution in [2.24, 2.45) is 0 Å². The fourth-order valence-electron chi connectivity index (χ4n) is 1.98. The molecule has 0 unspecified atom stereocenters. The third-order valence-electron chi connectivity index (χ3n) is 3.04. The first-order valence-corrected chi connectivity index (χ1v) is 7.38. The normalized spacial score (nSPS) is 9.96. The minimum absolute atomic E-state index is 0.379. The van der Waals surface area contributed by atoms with E-state index in [-0.39, 0.29) is 0 Å². The van der Waals surface area contributed by atoms with Crippen molar-refractivity contribution >= 4 is 56.8 Å². The van der Waals surface area contributed by atoms with Crippen LogP contribution < -0.4 is 11.1 Å². The van der Waals surface area contributed by atoms with Gasteiger partial charge < -0.3 is 26.6 Å². The topological polar surface area (TPSA) is 154 Å². The molecule has 6 N–H and O–H groups in total. The number of carbonyl (C=O) groups excluding carboxylic acids is 1. The van der Waals surface area contributed by atoms with Crippen molar-refractivity contribution in [3.05, 3.63) is 34.3 Å². The molecule has 0 atom stereocenters. The van der Waals surface area contributed by atoms with Crippen molar-refractivity contribution in [3.8, 4) is 0 Å². The number of rotatable bonds is 4. The number of hydrogen-bond donors (Lipinski definition) is 5. The summed E-state index contributed by atoms with van der Waals surface area (Å²) in [6.07, 6.45) is 4.68. The quantitative estimate of drug-likeness (QED) is 0.335. The van der Waals surface area contributed by atoms with E-state index in [0.29, 0.717) is 50.4 Å². The fourth-order valence-corrected chi connectivity index (χ4v) is 2.55. The number of anilines is 3. The first kappa shape index (κ1) is 17.5. The largest absolute Gasteiger partial charge is 0.400 e. The molecule has 3 rings (SSSR count). The molecule has 0 bridgehead atoms.